The van der Waals surface area contributed by atoms with Crippen LogP contribution in [0, 0.1) is 13.8 Å². The lowest BCUT2D eigenvalue weighted by Crippen LogP contribution is -2.22. The van der Waals surface area contributed by atoms with Crippen LogP contribution in [0.1, 0.15) is 24.5 Å². The van der Waals surface area contributed by atoms with Crippen LogP contribution in [0.25, 0.3) is 0 Å². The van der Waals surface area contributed by atoms with E-state index in [9.17, 15) is 4.79 Å². The van der Waals surface area contributed by atoms with Crippen LogP contribution >= 0.6 is 11.6 Å². The predicted octanol–water partition coefficient (Wildman–Crippen LogP) is 3.38. The predicted molar refractivity (Wildman–Crippen MR) is 76.0 cm³/mol. The number of nitrogens with zero attached hydrogens (tertiary/aromatic N) is 1. The molecule has 0 radical (unpaired) electrons. The second-order valence-electron chi connectivity index (χ2n) is 4.56. The van der Waals surface area contributed by atoms with Crippen LogP contribution in [0.3, 0.4) is 0 Å². The fourth-order valence-electron chi connectivity index (χ4n) is 1.98. The van der Waals surface area contributed by atoms with Gasteiger partial charge >= 0.3 is 0 Å². The van der Waals surface area contributed by atoms with E-state index in [-0.39, 0.29) is 5.78 Å². The van der Waals surface area contributed by atoms with Gasteiger partial charge in [-0.1, -0.05) is 11.6 Å². The molecule has 0 atom stereocenters. The zero-order chi connectivity index (χ0) is 13.9. The topological polar surface area (TPSA) is 29.5 Å². The largest absolute Gasteiger partial charge is 0.495 e. The van der Waals surface area contributed by atoms with E-state index in [2.05, 4.69) is 0 Å². The molecule has 0 bridgehead atoms. The lowest BCUT2D eigenvalue weighted by atomic mass is 10.1. The third kappa shape index (κ3) is 3.16. The highest BCUT2D eigenvalue weighted by Crippen LogP contribution is 2.37. The first-order chi connectivity index (χ1) is 8.38. The number of rotatable bonds is 5. The molecule has 0 unspecified atom stereocenters. The molecule has 0 spiro atoms. The Balaban J connectivity index is 3.13. The van der Waals surface area contributed by atoms with Gasteiger partial charge in [0.2, 0.25) is 0 Å². The Morgan fingerprint density at radius 1 is 1.44 bits per heavy atom. The van der Waals surface area contributed by atoms with E-state index < -0.39 is 0 Å². The molecular formula is C14H20ClNO2. The number of carbonyl (C=O) groups excluding carboxylic acids is 1. The zero-order valence-corrected chi connectivity index (χ0v) is 12.4. The van der Waals surface area contributed by atoms with Crippen LogP contribution in [0.5, 0.6) is 5.75 Å². The van der Waals surface area contributed by atoms with Gasteiger partial charge in [-0.05, 0) is 38.0 Å². The maximum absolute atomic E-state index is 11.1. The van der Waals surface area contributed by atoms with E-state index in [4.69, 9.17) is 16.3 Å². The minimum atomic E-state index is 0.177. The standard InChI is InChI=1S/C14H20ClNO2/c1-9-8-12(18-5)14(11(3)13(9)15)16(4)7-6-10(2)17/h8H,6-7H2,1-5H3. The number of hydrogen-bond acceptors (Lipinski definition) is 3. The lowest BCUT2D eigenvalue weighted by molar-refractivity contribution is -0.116. The molecule has 0 amide bonds. The number of hydrogen-bond donors (Lipinski definition) is 0. The average Bonchev–Trinajstić information content (AvgIpc) is 2.32. The number of ketones is 1. The molecule has 1 rings (SSSR count). The molecule has 0 aliphatic rings. The quantitative estimate of drug-likeness (QED) is 0.821. The Morgan fingerprint density at radius 3 is 2.56 bits per heavy atom. The van der Waals surface area contributed by atoms with E-state index in [1.54, 1.807) is 14.0 Å². The monoisotopic (exact) mass is 269 g/mol. The molecule has 18 heavy (non-hydrogen) atoms. The van der Waals surface area contributed by atoms with Crippen molar-refractivity contribution in [3.63, 3.8) is 0 Å². The maximum atomic E-state index is 11.1. The van der Waals surface area contributed by atoms with Crippen molar-refractivity contribution in [3.8, 4) is 5.75 Å². The molecule has 0 saturated heterocycles. The van der Waals surface area contributed by atoms with Crippen LogP contribution in [0.2, 0.25) is 5.02 Å². The van der Waals surface area contributed by atoms with E-state index in [0.29, 0.717) is 13.0 Å². The highest BCUT2D eigenvalue weighted by Gasteiger charge is 2.16. The normalized spacial score (nSPS) is 10.3. The summed E-state index contributed by atoms with van der Waals surface area (Å²) in [5.41, 5.74) is 2.93. The molecule has 1 aromatic rings. The van der Waals surface area contributed by atoms with Crippen LogP contribution in [0.15, 0.2) is 6.07 Å². The van der Waals surface area contributed by atoms with Crippen molar-refractivity contribution in [1.82, 2.24) is 0 Å². The molecule has 1 aromatic carbocycles. The Bertz CT molecular complexity index is 458. The highest BCUT2D eigenvalue weighted by atomic mass is 35.5. The van der Waals surface area contributed by atoms with Crippen molar-refractivity contribution in [2.24, 2.45) is 0 Å². The number of ether oxygens (including phenoxy) is 1. The van der Waals surface area contributed by atoms with Crippen molar-refractivity contribution in [1.29, 1.82) is 0 Å². The number of benzene rings is 1. The zero-order valence-electron chi connectivity index (χ0n) is 11.6. The molecule has 4 heteroatoms. The van der Waals surface area contributed by atoms with E-state index in [0.717, 1.165) is 27.6 Å². The first-order valence-electron chi connectivity index (χ1n) is 5.92. The molecule has 0 aliphatic heterocycles. The summed E-state index contributed by atoms with van der Waals surface area (Å²) in [5.74, 6) is 0.970. The molecule has 3 nitrogen and oxygen atoms in total. The van der Waals surface area contributed by atoms with Crippen molar-refractivity contribution in [2.75, 3.05) is 25.6 Å². The van der Waals surface area contributed by atoms with Crippen LogP contribution in [0.4, 0.5) is 5.69 Å². The Hall–Kier alpha value is -1.22. The number of methoxy groups -OCH3 is 1. The molecule has 0 N–H and O–H groups in total. The van der Waals surface area contributed by atoms with Crippen LogP contribution < -0.4 is 9.64 Å². The Labute approximate surface area is 114 Å². The van der Waals surface area contributed by atoms with Gasteiger partial charge in [0.05, 0.1) is 12.8 Å². The van der Waals surface area contributed by atoms with Crippen molar-refractivity contribution in [2.45, 2.75) is 27.2 Å². The second-order valence-corrected chi connectivity index (χ2v) is 4.93. The minimum absolute atomic E-state index is 0.177. The summed E-state index contributed by atoms with van der Waals surface area (Å²) in [6.07, 6.45) is 0.518. The maximum Gasteiger partial charge on any atom is 0.142 e. The van der Waals surface area contributed by atoms with Gasteiger partial charge in [-0.2, -0.15) is 0 Å². The van der Waals surface area contributed by atoms with Gasteiger partial charge in [0.25, 0.3) is 0 Å². The van der Waals surface area contributed by atoms with Crippen molar-refractivity contribution in [3.05, 3.63) is 22.2 Å². The summed E-state index contributed by atoms with van der Waals surface area (Å²) in [5, 5.41) is 0.750. The van der Waals surface area contributed by atoms with Gasteiger partial charge in [0.1, 0.15) is 11.5 Å². The molecule has 0 heterocycles. The number of halogens is 1. The SMILES string of the molecule is COc1cc(C)c(Cl)c(C)c1N(C)CCC(C)=O. The number of anilines is 1. The molecule has 0 aromatic heterocycles. The summed E-state index contributed by atoms with van der Waals surface area (Å²) in [6, 6.07) is 1.93. The van der Waals surface area contributed by atoms with E-state index in [1.165, 1.54) is 0 Å². The molecule has 0 aliphatic carbocycles. The van der Waals surface area contributed by atoms with Crippen LogP contribution in [-0.2, 0) is 4.79 Å². The summed E-state index contributed by atoms with van der Waals surface area (Å²) in [7, 11) is 3.59. The fourth-order valence-corrected chi connectivity index (χ4v) is 2.12. The Kier molecular flexibility index (Phi) is 5.03. The number of aryl methyl sites for hydroxylation is 1. The minimum Gasteiger partial charge on any atom is -0.495 e. The van der Waals surface area contributed by atoms with Gasteiger partial charge in [-0.3, -0.25) is 4.79 Å². The van der Waals surface area contributed by atoms with Gasteiger partial charge in [-0.25, -0.2) is 0 Å². The van der Waals surface area contributed by atoms with Gasteiger partial charge in [-0.15, -0.1) is 0 Å². The van der Waals surface area contributed by atoms with Gasteiger partial charge < -0.3 is 9.64 Å². The van der Waals surface area contributed by atoms with E-state index in [1.807, 2.05) is 31.9 Å². The molecular weight excluding hydrogens is 250 g/mol. The van der Waals surface area contributed by atoms with Gasteiger partial charge in [0.15, 0.2) is 0 Å². The Morgan fingerprint density at radius 2 is 2.06 bits per heavy atom. The summed E-state index contributed by atoms with van der Waals surface area (Å²) < 4.78 is 5.40. The number of Topliss-reactive ketones (excluding diaryl/α,β-unsaturated/α-hetero) is 1. The van der Waals surface area contributed by atoms with E-state index >= 15 is 0 Å². The third-order valence-electron chi connectivity index (χ3n) is 3.01. The van der Waals surface area contributed by atoms with Gasteiger partial charge in [0, 0.05) is 25.0 Å². The summed E-state index contributed by atoms with van der Waals surface area (Å²) >= 11 is 6.27. The highest BCUT2D eigenvalue weighted by molar-refractivity contribution is 6.32. The lowest BCUT2D eigenvalue weighted by Gasteiger charge is -2.24. The van der Waals surface area contributed by atoms with Crippen LogP contribution in [-0.4, -0.2) is 26.5 Å². The first-order valence-corrected chi connectivity index (χ1v) is 6.30. The molecule has 0 fully saturated rings. The van der Waals surface area contributed by atoms with Crippen molar-refractivity contribution < 1.29 is 9.53 Å². The summed E-state index contributed by atoms with van der Waals surface area (Å²) in [4.78, 5) is 13.1. The third-order valence-corrected chi connectivity index (χ3v) is 3.59. The molecule has 100 valence electrons. The second kappa shape index (κ2) is 6.10. The van der Waals surface area contributed by atoms with Crippen molar-refractivity contribution >= 4 is 23.1 Å². The average molecular weight is 270 g/mol. The first kappa shape index (κ1) is 14.8. The summed E-state index contributed by atoms with van der Waals surface area (Å²) in [6.45, 7) is 6.18. The number of carbonyl (C=O) groups is 1. The molecule has 0 saturated carbocycles. The fraction of sp³-hybridized carbons (Fsp3) is 0.500. The smallest absolute Gasteiger partial charge is 0.142 e.